The molecule has 11 aromatic carbocycles. The average Bonchev–Trinajstić information content (AvgIpc) is 3.88. The van der Waals surface area contributed by atoms with Crippen molar-refractivity contribution in [1.29, 1.82) is 0 Å². The molecule has 0 unspecified atom stereocenters. The highest BCUT2D eigenvalue weighted by molar-refractivity contribution is 6.10. The van der Waals surface area contributed by atoms with Gasteiger partial charge in [-0.05, 0) is 118 Å². The van der Waals surface area contributed by atoms with E-state index in [1.165, 1.54) is 93.9 Å². The minimum absolute atomic E-state index is 0.193. The molecule has 0 spiro atoms. The maximum atomic E-state index is 5.56. The van der Waals surface area contributed by atoms with Crippen molar-refractivity contribution in [2.45, 2.75) is 24.7 Å². The van der Waals surface area contributed by atoms with E-state index in [1.54, 1.807) is 0 Å². The Kier molecular flexibility index (Phi) is 9.50. The zero-order chi connectivity index (χ0) is 48.0. The number of hydrogen-bond donors (Lipinski definition) is 0. The average molecular weight is 917 g/mol. The highest BCUT2D eigenvalue weighted by Gasteiger charge is 2.47. The number of nitrogens with zero attached hydrogens (tertiary/aromatic N) is 2. The van der Waals surface area contributed by atoms with Crippen LogP contribution in [0.15, 0.2) is 255 Å². The van der Waals surface area contributed by atoms with E-state index in [0.29, 0.717) is 5.82 Å². The largest absolute Gasteiger partial charge is 0.228 e. The first-order valence-corrected chi connectivity index (χ1v) is 25.1. The molecule has 1 heterocycles. The van der Waals surface area contributed by atoms with E-state index in [4.69, 9.17) is 9.97 Å². The Labute approximate surface area is 420 Å². The SMILES string of the molecule is CC1(C)c2cc3ccccc3cc2-c2c(-c3c(-c4cc(-c5ccccc5-c5cccc6c5-c5ccccc5C6(c5ccccc5)c5ccccc5)nc(-c5ccccc5)n4)ccc4ccccc34)cccc21. The van der Waals surface area contributed by atoms with Gasteiger partial charge in [0.1, 0.15) is 0 Å². The molecule has 1 aromatic heterocycles. The Morgan fingerprint density at radius 1 is 0.292 bits per heavy atom. The quantitative estimate of drug-likeness (QED) is 0.159. The first-order chi connectivity index (χ1) is 35.5. The standard InChI is InChI=1S/C70H48N2/c1-69(2)60-38-21-36-57(67(60)58-42-47-25-12-13-26-48(47)43-62(58)69)65-51-31-15-14-22-45(51)40-41-56(65)64-44-63(71-68(72-64)46-23-6-3-7-24-46)53-33-17-16-32-52(53)54-35-20-39-61-66(54)55-34-18-19-37-59(55)70(61,49-27-8-4-9-28-49)50-29-10-5-11-30-50/h3-44H,1-2H3. The summed E-state index contributed by atoms with van der Waals surface area (Å²) < 4.78 is 0. The van der Waals surface area contributed by atoms with Gasteiger partial charge in [-0.2, -0.15) is 0 Å². The Morgan fingerprint density at radius 2 is 0.806 bits per heavy atom. The van der Waals surface area contributed by atoms with E-state index < -0.39 is 5.41 Å². The van der Waals surface area contributed by atoms with E-state index in [0.717, 1.165) is 33.6 Å². The van der Waals surface area contributed by atoms with Crippen molar-refractivity contribution in [2.24, 2.45) is 0 Å². The van der Waals surface area contributed by atoms with Crippen LogP contribution in [0.3, 0.4) is 0 Å². The third-order valence-corrected chi connectivity index (χ3v) is 15.8. The molecule has 0 N–H and O–H groups in total. The van der Waals surface area contributed by atoms with E-state index in [-0.39, 0.29) is 5.41 Å². The molecule has 338 valence electrons. The molecule has 72 heavy (non-hydrogen) atoms. The van der Waals surface area contributed by atoms with Crippen LogP contribution in [0.2, 0.25) is 0 Å². The molecule has 0 aliphatic heterocycles. The second-order valence-corrected chi connectivity index (χ2v) is 19.9. The fourth-order valence-corrected chi connectivity index (χ4v) is 12.6. The Bertz CT molecular complexity index is 4070. The molecular weight excluding hydrogens is 869 g/mol. The van der Waals surface area contributed by atoms with Crippen molar-refractivity contribution in [3.63, 3.8) is 0 Å². The maximum absolute atomic E-state index is 5.56. The lowest BCUT2D eigenvalue weighted by atomic mass is 9.67. The van der Waals surface area contributed by atoms with Crippen molar-refractivity contribution in [3.8, 4) is 78.4 Å². The number of benzene rings is 11. The van der Waals surface area contributed by atoms with Crippen molar-refractivity contribution < 1.29 is 0 Å². The van der Waals surface area contributed by atoms with Crippen molar-refractivity contribution >= 4 is 21.5 Å². The predicted octanol–water partition coefficient (Wildman–Crippen LogP) is 17.8. The molecule has 0 amide bonds. The van der Waals surface area contributed by atoms with Crippen LogP contribution in [-0.4, -0.2) is 9.97 Å². The van der Waals surface area contributed by atoms with Gasteiger partial charge in [-0.3, -0.25) is 0 Å². The molecule has 2 heteroatoms. The van der Waals surface area contributed by atoms with E-state index in [2.05, 4.69) is 269 Å². The predicted molar refractivity (Wildman–Crippen MR) is 299 cm³/mol. The number of hydrogen-bond acceptors (Lipinski definition) is 2. The lowest BCUT2D eigenvalue weighted by molar-refractivity contribution is 0.661. The second kappa shape index (κ2) is 16.3. The number of fused-ring (bicyclic) bond motifs is 8. The minimum Gasteiger partial charge on any atom is -0.228 e. The molecule has 0 saturated heterocycles. The van der Waals surface area contributed by atoms with Gasteiger partial charge in [0.25, 0.3) is 0 Å². The fraction of sp³-hybridized carbons (Fsp3) is 0.0571. The third kappa shape index (κ3) is 6.22. The molecule has 0 saturated carbocycles. The van der Waals surface area contributed by atoms with Gasteiger partial charge in [0.2, 0.25) is 0 Å². The summed E-state index contributed by atoms with van der Waals surface area (Å²) in [5.41, 5.74) is 21.6. The van der Waals surface area contributed by atoms with Crippen LogP contribution in [0.4, 0.5) is 0 Å². The molecule has 0 fully saturated rings. The maximum Gasteiger partial charge on any atom is 0.160 e. The summed E-state index contributed by atoms with van der Waals surface area (Å²) in [6, 6.07) is 93.4. The lowest BCUT2D eigenvalue weighted by Crippen LogP contribution is -2.28. The van der Waals surface area contributed by atoms with Gasteiger partial charge < -0.3 is 0 Å². The number of rotatable bonds is 7. The third-order valence-electron chi connectivity index (χ3n) is 15.8. The molecule has 0 atom stereocenters. The zero-order valence-corrected chi connectivity index (χ0v) is 40.1. The monoisotopic (exact) mass is 916 g/mol. The topological polar surface area (TPSA) is 25.8 Å². The van der Waals surface area contributed by atoms with Crippen LogP contribution in [0.1, 0.15) is 47.2 Å². The van der Waals surface area contributed by atoms with Gasteiger partial charge in [-0.25, -0.2) is 9.97 Å². The summed E-state index contributed by atoms with van der Waals surface area (Å²) in [5, 5.41) is 4.89. The van der Waals surface area contributed by atoms with Crippen LogP contribution in [0.25, 0.3) is 100.0 Å². The van der Waals surface area contributed by atoms with Gasteiger partial charge in [0.15, 0.2) is 5.82 Å². The first kappa shape index (κ1) is 41.9. The van der Waals surface area contributed by atoms with Gasteiger partial charge in [-0.15, -0.1) is 0 Å². The second-order valence-electron chi connectivity index (χ2n) is 19.9. The lowest BCUT2D eigenvalue weighted by Gasteiger charge is -2.34. The van der Waals surface area contributed by atoms with E-state index in [1.807, 2.05) is 0 Å². The van der Waals surface area contributed by atoms with E-state index >= 15 is 0 Å². The molecule has 0 bridgehead atoms. The summed E-state index contributed by atoms with van der Waals surface area (Å²) in [6.45, 7) is 4.76. The summed E-state index contributed by atoms with van der Waals surface area (Å²) in [5.74, 6) is 0.684. The van der Waals surface area contributed by atoms with Crippen molar-refractivity contribution in [1.82, 2.24) is 9.97 Å². The first-order valence-electron chi connectivity index (χ1n) is 25.1. The minimum atomic E-state index is -0.519. The molecule has 12 aromatic rings. The molecule has 0 radical (unpaired) electrons. The van der Waals surface area contributed by atoms with Crippen LogP contribution in [0, 0.1) is 0 Å². The van der Waals surface area contributed by atoms with Crippen molar-refractivity contribution in [3.05, 3.63) is 288 Å². The number of aromatic nitrogens is 2. The fourth-order valence-electron chi connectivity index (χ4n) is 12.6. The molecule has 2 aliphatic rings. The molecular formula is C70H48N2. The molecule has 2 aliphatic carbocycles. The normalized spacial score (nSPS) is 13.6. The Balaban J connectivity index is 1.02. The van der Waals surface area contributed by atoms with Crippen LogP contribution in [-0.2, 0) is 10.8 Å². The Morgan fingerprint density at radius 3 is 1.53 bits per heavy atom. The summed E-state index contributed by atoms with van der Waals surface area (Å²) in [7, 11) is 0. The van der Waals surface area contributed by atoms with Gasteiger partial charge >= 0.3 is 0 Å². The highest BCUT2D eigenvalue weighted by Crippen LogP contribution is 2.59. The van der Waals surface area contributed by atoms with Crippen molar-refractivity contribution in [2.75, 3.05) is 0 Å². The van der Waals surface area contributed by atoms with E-state index in [9.17, 15) is 0 Å². The highest BCUT2D eigenvalue weighted by atomic mass is 14.9. The van der Waals surface area contributed by atoms with Gasteiger partial charge in [0.05, 0.1) is 16.8 Å². The smallest absolute Gasteiger partial charge is 0.160 e. The van der Waals surface area contributed by atoms with Gasteiger partial charge in [0, 0.05) is 22.1 Å². The molecule has 2 nitrogen and oxygen atoms in total. The zero-order valence-electron chi connectivity index (χ0n) is 40.1. The van der Waals surface area contributed by atoms with Crippen LogP contribution >= 0.6 is 0 Å². The van der Waals surface area contributed by atoms with Gasteiger partial charge in [-0.1, -0.05) is 250 Å². The summed E-state index contributed by atoms with van der Waals surface area (Å²) in [6.07, 6.45) is 0. The summed E-state index contributed by atoms with van der Waals surface area (Å²) >= 11 is 0. The van der Waals surface area contributed by atoms with Crippen LogP contribution < -0.4 is 0 Å². The molecule has 14 rings (SSSR count). The van der Waals surface area contributed by atoms with Crippen LogP contribution in [0.5, 0.6) is 0 Å². The Hall–Kier alpha value is -8.98. The summed E-state index contributed by atoms with van der Waals surface area (Å²) in [4.78, 5) is 11.1.